The number of hydrogen-bond acceptors (Lipinski definition) is 3. The van der Waals surface area contributed by atoms with Crippen LogP contribution >= 0.6 is 15.9 Å². The van der Waals surface area contributed by atoms with Gasteiger partial charge in [-0.05, 0) is 49.4 Å². The SMILES string of the molecule is CCNC(C)c1cc(Br)ccc1N(C)Cc1ccccn1. The Morgan fingerprint density at radius 2 is 2.10 bits per heavy atom. The molecule has 0 aliphatic carbocycles. The topological polar surface area (TPSA) is 28.2 Å². The summed E-state index contributed by atoms with van der Waals surface area (Å²) in [4.78, 5) is 6.65. The molecular weight excluding hydrogens is 326 g/mol. The van der Waals surface area contributed by atoms with E-state index in [1.807, 2.05) is 18.3 Å². The van der Waals surface area contributed by atoms with Gasteiger partial charge in [0.2, 0.25) is 0 Å². The third-order valence-corrected chi connectivity index (χ3v) is 4.00. The molecule has 0 aliphatic heterocycles. The van der Waals surface area contributed by atoms with Crippen LogP contribution in [0.15, 0.2) is 47.1 Å². The highest BCUT2D eigenvalue weighted by Gasteiger charge is 2.14. The zero-order valence-corrected chi connectivity index (χ0v) is 14.4. The number of anilines is 1. The van der Waals surface area contributed by atoms with Gasteiger partial charge in [-0.3, -0.25) is 4.98 Å². The van der Waals surface area contributed by atoms with Gasteiger partial charge in [-0.15, -0.1) is 0 Å². The van der Waals surface area contributed by atoms with Crippen LogP contribution < -0.4 is 10.2 Å². The van der Waals surface area contributed by atoms with Crippen molar-refractivity contribution in [2.24, 2.45) is 0 Å². The second-order valence-corrected chi connectivity index (χ2v) is 6.08. The molecule has 0 amide bonds. The minimum atomic E-state index is 0.314. The summed E-state index contributed by atoms with van der Waals surface area (Å²) in [7, 11) is 2.11. The van der Waals surface area contributed by atoms with Crippen molar-refractivity contribution < 1.29 is 0 Å². The molecule has 21 heavy (non-hydrogen) atoms. The Bertz CT molecular complexity index is 572. The Labute approximate surface area is 135 Å². The average molecular weight is 348 g/mol. The lowest BCUT2D eigenvalue weighted by Gasteiger charge is -2.25. The summed E-state index contributed by atoms with van der Waals surface area (Å²) in [6.07, 6.45) is 1.84. The number of aromatic nitrogens is 1. The van der Waals surface area contributed by atoms with E-state index in [-0.39, 0.29) is 0 Å². The van der Waals surface area contributed by atoms with Gasteiger partial charge in [0.25, 0.3) is 0 Å². The van der Waals surface area contributed by atoms with Crippen molar-refractivity contribution in [3.8, 4) is 0 Å². The first kappa shape index (κ1) is 16.0. The maximum absolute atomic E-state index is 4.41. The van der Waals surface area contributed by atoms with Crippen LogP contribution in [0.3, 0.4) is 0 Å². The Morgan fingerprint density at radius 3 is 2.76 bits per heavy atom. The highest BCUT2D eigenvalue weighted by Crippen LogP contribution is 2.29. The molecule has 2 rings (SSSR count). The second-order valence-electron chi connectivity index (χ2n) is 5.16. The van der Waals surface area contributed by atoms with Crippen LogP contribution in [-0.4, -0.2) is 18.6 Å². The summed E-state index contributed by atoms with van der Waals surface area (Å²) in [5.41, 5.74) is 3.60. The van der Waals surface area contributed by atoms with Gasteiger partial charge in [0.1, 0.15) is 0 Å². The van der Waals surface area contributed by atoms with E-state index >= 15 is 0 Å². The van der Waals surface area contributed by atoms with E-state index < -0.39 is 0 Å². The Kier molecular flexibility index (Phi) is 5.76. The molecule has 1 unspecified atom stereocenters. The van der Waals surface area contributed by atoms with Crippen molar-refractivity contribution in [2.75, 3.05) is 18.5 Å². The summed E-state index contributed by atoms with van der Waals surface area (Å²) in [6.45, 7) is 6.08. The molecular formula is C17H22BrN3. The minimum Gasteiger partial charge on any atom is -0.368 e. The van der Waals surface area contributed by atoms with E-state index in [1.54, 1.807) is 0 Å². The predicted molar refractivity (Wildman–Crippen MR) is 92.6 cm³/mol. The summed E-state index contributed by atoms with van der Waals surface area (Å²) >= 11 is 3.57. The maximum atomic E-state index is 4.41. The van der Waals surface area contributed by atoms with Crippen LogP contribution in [0.2, 0.25) is 0 Å². The third-order valence-electron chi connectivity index (χ3n) is 3.50. The van der Waals surface area contributed by atoms with Crippen LogP contribution in [-0.2, 0) is 6.54 Å². The second kappa shape index (κ2) is 7.57. The first-order valence-corrected chi connectivity index (χ1v) is 8.05. The minimum absolute atomic E-state index is 0.314. The van der Waals surface area contributed by atoms with Crippen molar-refractivity contribution in [1.82, 2.24) is 10.3 Å². The van der Waals surface area contributed by atoms with E-state index in [4.69, 9.17) is 0 Å². The molecule has 0 aliphatic rings. The number of benzene rings is 1. The zero-order chi connectivity index (χ0) is 15.2. The third kappa shape index (κ3) is 4.29. The van der Waals surface area contributed by atoms with Crippen LogP contribution in [0.1, 0.15) is 31.1 Å². The van der Waals surface area contributed by atoms with Crippen molar-refractivity contribution >= 4 is 21.6 Å². The number of rotatable bonds is 6. The molecule has 0 spiro atoms. The number of nitrogens with one attached hydrogen (secondary N) is 1. The van der Waals surface area contributed by atoms with Gasteiger partial charge in [0.15, 0.2) is 0 Å². The molecule has 1 atom stereocenters. The lowest BCUT2D eigenvalue weighted by Crippen LogP contribution is -2.23. The van der Waals surface area contributed by atoms with E-state index in [0.717, 1.165) is 23.3 Å². The van der Waals surface area contributed by atoms with Crippen molar-refractivity contribution in [3.05, 3.63) is 58.3 Å². The lowest BCUT2D eigenvalue weighted by molar-refractivity contribution is 0.596. The molecule has 2 aromatic rings. The summed E-state index contributed by atoms with van der Waals surface area (Å²) in [5.74, 6) is 0. The molecule has 0 bridgehead atoms. The average Bonchev–Trinajstić information content (AvgIpc) is 2.48. The fraction of sp³-hybridized carbons (Fsp3) is 0.353. The Hall–Kier alpha value is -1.39. The molecule has 4 heteroatoms. The van der Waals surface area contributed by atoms with Gasteiger partial charge >= 0.3 is 0 Å². The number of nitrogens with zero attached hydrogens (tertiary/aromatic N) is 2. The van der Waals surface area contributed by atoms with Crippen molar-refractivity contribution in [2.45, 2.75) is 26.4 Å². The van der Waals surface area contributed by atoms with Crippen LogP contribution in [0, 0.1) is 0 Å². The number of halogens is 1. The smallest absolute Gasteiger partial charge is 0.0598 e. The molecule has 0 saturated carbocycles. The van der Waals surface area contributed by atoms with Crippen LogP contribution in [0.5, 0.6) is 0 Å². The lowest BCUT2D eigenvalue weighted by atomic mass is 10.1. The zero-order valence-electron chi connectivity index (χ0n) is 12.8. The Morgan fingerprint density at radius 1 is 1.29 bits per heavy atom. The first-order valence-electron chi connectivity index (χ1n) is 7.25. The van der Waals surface area contributed by atoms with Gasteiger partial charge in [-0.2, -0.15) is 0 Å². The Balaban J connectivity index is 2.25. The van der Waals surface area contributed by atoms with Gasteiger partial charge in [0.05, 0.1) is 12.2 Å². The van der Waals surface area contributed by atoms with Crippen molar-refractivity contribution in [1.29, 1.82) is 0 Å². The number of hydrogen-bond donors (Lipinski definition) is 1. The summed E-state index contributed by atoms with van der Waals surface area (Å²) in [6, 6.07) is 12.8. The maximum Gasteiger partial charge on any atom is 0.0598 e. The van der Waals surface area contributed by atoms with E-state index in [2.05, 4.69) is 76.3 Å². The molecule has 1 aromatic heterocycles. The quantitative estimate of drug-likeness (QED) is 0.850. The molecule has 1 aromatic carbocycles. The van der Waals surface area contributed by atoms with Crippen molar-refractivity contribution in [3.63, 3.8) is 0 Å². The summed E-state index contributed by atoms with van der Waals surface area (Å²) < 4.78 is 1.11. The molecule has 112 valence electrons. The standard InChI is InChI=1S/C17H22BrN3/c1-4-19-13(2)16-11-14(18)8-9-17(16)21(3)12-15-7-5-6-10-20-15/h5-11,13,19H,4,12H2,1-3H3. The monoisotopic (exact) mass is 347 g/mol. The van der Waals surface area contributed by atoms with Gasteiger partial charge in [0, 0.05) is 29.4 Å². The fourth-order valence-electron chi connectivity index (χ4n) is 2.46. The molecule has 0 saturated heterocycles. The molecule has 0 radical (unpaired) electrons. The van der Waals surface area contributed by atoms with E-state index in [1.165, 1.54) is 11.3 Å². The fourth-order valence-corrected chi connectivity index (χ4v) is 2.83. The van der Waals surface area contributed by atoms with E-state index in [0.29, 0.717) is 6.04 Å². The summed E-state index contributed by atoms with van der Waals surface area (Å²) in [5, 5.41) is 3.49. The van der Waals surface area contributed by atoms with Crippen LogP contribution in [0.25, 0.3) is 0 Å². The molecule has 1 heterocycles. The highest BCUT2D eigenvalue weighted by molar-refractivity contribution is 9.10. The highest BCUT2D eigenvalue weighted by atomic mass is 79.9. The first-order chi connectivity index (χ1) is 10.1. The molecule has 1 N–H and O–H groups in total. The predicted octanol–water partition coefficient (Wildman–Crippen LogP) is 4.15. The number of pyridine rings is 1. The van der Waals surface area contributed by atoms with Crippen LogP contribution in [0.4, 0.5) is 5.69 Å². The molecule has 3 nitrogen and oxygen atoms in total. The largest absolute Gasteiger partial charge is 0.368 e. The van der Waals surface area contributed by atoms with Gasteiger partial charge in [-0.25, -0.2) is 0 Å². The molecule has 0 fully saturated rings. The van der Waals surface area contributed by atoms with Gasteiger partial charge in [-0.1, -0.05) is 28.9 Å². The van der Waals surface area contributed by atoms with Gasteiger partial charge < -0.3 is 10.2 Å². The normalized spacial score (nSPS) is 12.2. The van der Waals surface area contributed by atoms with E-state index in [9.17, 15) is 0 Å².